The Labute approximate surface area is 222 Å². The number of fused-ring (bicyclic) bond motifs is 2. The summed E-state index contributed by atoms with van der Waals surface area (Å²) in [5.41, 5.74) is 5.01. The molecule has 2 heterocycles. The fourth-order valence-corrected chi connectivity index (χ4v) is 6.82. The van der Waals surface area contributed by atoms with Gasteiger partial charge in [0.1, 0.15) is 0 Å². The molecule has 1 fully saturated rings. The van der Waals surface area contributed by atoms with Gasteiger partial charge in [-0.05, 0) is 95.3 Å². The number of benzene rings is 1. The van der Waals surface area contributed by atoms with Crippen LogP contribution in [-0.2, 0) is 27.2 Å². The van der Waals surface area contributed by atoms with Crippen molar-refractivity contribution in [2.75, 3.05) is 20.2 Å². The third kappa shape index (κ3) is 5.85. The molecule has 1 aliphatic carbocycles. The van der Waals surface area contributed by atoms with E-state index in [0.717, 1.165) is 58.4 Å². The first-order valence-corrected chi connectivity index (χ1v) is 13.8. The number of unbranched alkanes of at least 4 members (excludes halogenated alkanes) is 1. The van der Waals surface area contributed by atoms with Gasteiger partial charge in [0.15, 0.2) is 0 Å². The van der Waals surface area contributed by atoms with Crippen molar-refractivity contribution in [2.45, 2.75) is 57.3 Å². The van der Waals surface area contributed by atoms with Gasteiger partial charge in [-0.2, -0.15) is 0 Å². The maximum absolute atomic E-state index is 12.7. The number of rotatable bonds is 6. The molecule has 2 aromatic rings. The highest BCUT2D eigenvalue weighted by atomic mass is 79.9. The van der Waals surface area contributed by atoms with E-state index in [9.17, 15) is 9.59 Å². The Morgan fingerprint density at radius 2 is 1.79 bits per heavy atom. The lowest BCUT2D eigenvalue weighted by Gasteiger charge is -2.37. The van der Waals surface area contributed by atoms with Gasteiger partial charge in [0.2, 0.25) is 5.91 Å². The third-order valence-electron chi connectivity index (χ3n) is 7.03. The molecule has 0 radical (unpaired) electrons. The standard InChI is InChI=1S/C26H29Br2ClN2O3/c1-34-23(33)5-3-2-4-22(32)31-10-8-16(9-11-31)25-24-17(13-20(29)14-21(24)28)6-7-18-12-19(27)15-30-26(18)25/h12-16,25H,2-11H2,1H3/t25-/m1/s1. The number of methoxy groups -OCH3 is 1. The average molecular weight is 613 g/mol. The minimum Gasteiger partial charge on any atom is -0.469 e. The Balaban J connectivity index is 1.49. The molecule has 8 heteroatoms. The van der Waals surface area contributed by atoms with E-state index in [-0.39, 0.29) is 17.8 Å². The summed E-state index contributed by atoms with van der Waals surface area (Å²) in [6.45, 7) is 1.51. The Kier molecular flexibility index (Phi) is 8.70. The van der Waals surface area contributed by atoms with Crippen molar-refractivity contribution in [3.63, 3.8) is 0 Å². The number of likely N-dealkylation sites (tertiary alicyclic amines) is 1. The number of pyridine rings is 1. The molecule has 0 unspecified atom stereocenters. The maximum atomic E-state index is 12.7. The highest BCUT2D eigenvalue weighted by Crippen LogP contribution is 2.46. The number of ether oxygens (including phenoxy) is 1. The molecular weight excluding hydrogens is 584 g/mol. The van der Waals surface area contributed by atoms with Crippen molar-refractivity contribution >= 4 is 55.3 Å². The van der Waals surface area contributed by atoms with Gasteiger partial charge in [-0.3, -0.25) is 14.6 Å². The van der Waals surface area contributed by atoms with Gasteiger partial charge >= 0.3 is 5.97 Å². The second-order valence-electron chi connectivity index (χ2n) is 9.14. The summed E-state index contributed by atoms with van der Waals surface area (Å²) in [5.74, 6) is 0.528. The lowest BCUT2D eigenvalue weighted by molar-refractivity contribution is -0.141. The van der Waals surface area contributed by atoms with E-state index in [1.807, 2.05) is 17.2 Å². The fraction of sp³-hybridized carbons (Fsp3) is 0.500. The van der Waals surface area contributed by atoms with Crippen LogP contribution in [0.15, 0.2) is 33.3 Å². The Morgan fingerprint density at radius 3 is 2.53 bits per heavy atom. The number of esters is 1. The molecule has 0 bridgehead atoms. The van der Waals surface area contributed by atoms with E-state index in [1.165, 1.54) is 23.8 Å². The molecule has 0 N–H and O–H groups in total. The number of aryl methyl sites for hydroxylation is 2. The van der Waals surface area contributed by atoms with Crippen molar-refractivity contribution in [1.82, 2.24) is 9.88 Å². The lowest BCUT2D eigenvalue weighted by Crippen LogP contribution is -2.40. The monoisotopic (exact) mass is 610 g/mol. The van der Waals surface area contributed by atoms with Crippen LogP contribution in [0.4, 0.5) is 0 Å². The summed E-state index contributed by atoms with van der Waals surface area (Å²) in [4.78, 5) is 30.9. The Bertz CT molecular complexity index is 1070. The zero-order valence-electron chi connectivity index (χ0n) is 19.3. The zero-order valence-corrected chi connectivity index (χ0v) is 23.2. The summed E-state index contributed by atoms with van der Waals surface area (Å²) < 4.78 is 6.71. The highest BCUT2D eigenvalue weighted by molar-refractivity contribution is 9.10. The van der Waals surface area contributed by atoms with Crippen molar-refractivity contribution in [3.8, 4) is 0 Å². The van der Waals surface area contributed by atoms with Crippen LogP contribution in [0.2, 0.25) is 5.02 Å². The molecule has 1 atom stereocenters. The molecule has 1 amide bonds. The zero-order chi connectivity index (χ0) is 24.2. The molecule has 0 spiro atoms. The summed E-state index contributed by atoms with van der Waals surface area (Å²) in [5, 5.41) is 0.747. The Hall–Kier alpha value is -1.44. The first-order valence-electron chi connectivity index (χ1n) is 11.8. The number of carbonyl (C=O) groups is 2. The van der Waals surface area contributed by atoms with Gasteiger partial charge in [-0.15, -0.1) is 0 Å². The second kappa shape index (κ2) is 11.5. The first-order chi connectivity index (χ1) is 16.4. The largest absolute Gasteiger partial charge is 0.469 e. The van der Waals surface area contributed by atoms with Crippen LogP contribution in [0.25, 0.3) is 0 Å². The minimum absolute atomic E-state index is 0.171. The molecule has 0 saturated carbocycles. The summed E-state index contributed by atoms with van der Waals surface area (Å²) >= 11 is 13.8. The van der Waals surface area contributed by atoms with E-state index in [2.05, 4.69) is 48.7 Å². The number of hydrogen-bond acceptors (Lipinski definition) is 4. The van der Waals surface area contributed by atoms with Crippen LogP contribution in [0.5, 0.6) is 0 Å². The molecule has 1 aromatic carbocycles. The number of amides is 1. The van der Waals surface area contributed by atoms with E-state index < -0.39 is 0 Å². The SMILES string of the molecule is COC(=O)CCCCC(=O)N1CCC([C@H]2c3ncc(Br)cc3CCc3cc(Cl)cc(Br)c32)CC1. The molecular formula is C26H29Br2ClN2O3. The quantitative estimate of drug-likeness (QED) is 0.278. The normalized spacial score (nSPS) is 18.1. The molecule has 182 valence electrons. The number of nitrogens with zero attached hydrogens (tertiary/aromatic N) is 2. The predicted molar refractivity (Wildman–Crippen MR) is 140 cm³/mol. The number of aromatic nitrogens is 1. The first kappa shape index (κ1) is 25.6. The van der Waals surface area contributed by atoms with Gasteiger partial charge in [0.25, 0.3) is 0 Å². The summed E-state index contributed by atoms with van der Waals surface area (Å²) in [7, 11) is 1.39. The summed E-state index contributed by atoms with van der Waals surface area (Å²) in [6.07, 6.45) is 7.87. The van der Waals surface area contributed by atoms with Crippen LogP contribution >= 0.6 is 43.5 Å². The molecule has 2 aliphatic rings. The average Bonchev–Trinajstić information content (AvgIpc) is 2.98. The van der Waals surface area contributed by atoms with Gasteiger partial charge < -0.3 is 9.64 Å². The lowest BCUT2D eigenvalue weighted by atomic mass is 9.76. The van der Waals surface area contributed by atoms with E-state index >= 15 is 0 Å². The molecule has 1 aromatic heterocycles. The van der Waals surface area contributed by atoms with Crippen molar-refractivity contribution < 1.29 is 14.3 Å². The maximum Gasteiger partial charge on any atom is 0.305 e. The Morgan fingerprint density at radius 1 is 1.09 bits per heavy atom. The van der Waals surface area contributed by atoms with E-state index in [4.69, 9.17) is 16.6 Å². The molecule has 34 heavy (non-hydrogen) atoms. The number of piperidine rings is 1. The van der Waals surface area contributed by atoms with Crippen LogP contribution < -0.4 is 0 Å². The predicted octanol–water partition coefficient (Wildman–Crippen LogP) is 6.46. The van der Waals surface area contributed by atoms with Crippen molar-refractivity contribution in [2.24, 2.45) is 5.92 Å². The van der Waals surface area contributed by atoms with Crippen molar-refractivity contribution in [3.05, 3.63) is 60.7 Å². The van der Waals surface area contributed by atoms with Crippen LogP contribution in [0.3, 0.4) is 0 Å². The number of hydrogen-bond donors (Lipinski definition) is 0. The van der Waals surface area contributed by atoms with Gasteiger partial charge in [-0.1, -0.05) is 27.5 Å². The van der Waals surface area contributed by atoms with Gasteiger partial charge in [0, 0.05) is 52.0 Å². The fourth-order valence-electron chi connectivity index (χ4n) is 5.32. The highest BCUT2D eigenvalue weighted by Gasteiger charge is 2.36. The van der Waals surface area contributed by atoms with Crippen molar-refractivity contribution in [1.29, 1.82) is 0 Å². The van der Waals surface area contributed by atoms with Crippen LogP contribution in [-0.4, -0.2) is 42.0 Å². The molecule has 4 rings (SSSR count). The van der Waals surface area contributed by atoms with E-state index in [0.29, 0.717) is 31.6 Å². The molecule has 1 aliphatic heterocycles. The minimum atomic E-state index is -0.217. The molecule has 1 saturated heterocycles. The van der Waals surface area contributed by atoms with Crippen LogP contribution in [0.1, 0.15) is 66.8 Å². The second-order valence-corrected chi connectivity index (χ2v) is 11.3. The van der Waals surface area contributed by atoms with E-state index in [1.54, 1.807) is 0 Å². The summed E-state index contributed by atoms with van der Waals surface area (Å²) in [6, 6.07) is 6.29. The third-order valence-corrected chi connectivity index (χ3v) is 8.34. The number of halogens is 3. The van der Waals surface area contributed by atoms with Gasteiger partial charge in [-0.25, -0.2) is 0 Å². The molecule has 5 nitrogen and oxygen atoms in total. The topological polar surface area (TPSA) is 59.5 Å². The smallest absolute Gasteiger partial charge is 0.305 e. The van der Waals surface area contributed by atoms with Gasteiger partial charge in [0.05, 0.1) is 12.8 Å². The number of carbonyl (C=O) groups excluding carboxylic acids is 2. The van der Waals surface area contributed by atoms with Crippen LogP contribution in [0, 0.1) is 5.92 Å².